The van der Waals surface area contributed by atoms with Crippen LogP contribution in [-0.2, 0) is 22.6 Å². The van der Waals surface area contributed by atoms with E-state index in [2.05, 4.69) is 33.1 Å². The van der Waals surface area contributed by atoms with Crippen LogP contribution in [0.5, 0.6) is 0 Å². The highest BCUT2D eigenvalue weighted by atomic mass is 16.2. The molecule has 0 radical (unpaired) electrons. The summed E-state index contributed by atoms with van der Waals surface area (Å²) >= 11 is 0. The zero-order chi connectivity index (χ0) is 20.8. The van der Waals surface area contributed by atoms with E-state index in [0.29, 0.717) is 32.4 Å². The van der Waals surface area contributed by atoms with E-state index < -0.39 is 0 Å². The molecular weight excluding hydrogens is 378 g/mol. The van der Waals surface area contributed by atoms with Crippen LogP contribution in [0.1, 0.15) is 37.7 Å². The maximum absolute atomic E-state index is 12.4. The van der Waals surface area contributed by atoms with Crippen LogP contribution in [0.4, 0.5) is 0 Å². The fourth-order valence-corrected chi connectivity index (χ4v) is 4.15. The zero-order valence-electron chi connectivity index (χ0n) is 17.0. The van der Waals surface area contributed by atoms with Crippen LogP contribution in [0, 0.1) is 0 Å². The van der Waals surface area contributed by atoms with Gasteiger partial charge in [-0.3, -0.25) is 9.59 Å². The maximum atomic E-state index is 12.4. The van der Waals surface area contributed by atoms with Gasteiger partial charge < -0.3 is 10.6 Å². The van der Waals surface area contributed by atoms with Gasteiger partial charge in [-0.2, -0.15) is 0 Å². The van der Waals surface area contributed by atoms with Gasteiger partial charge in [0.25, 0.3) is 0 Å². The molecule has 2 heterocycles. The third-order valence-corrected chi connectivity index (χ3v) is 5.74. The first-order valence-electron chi connectivity index (χ1n) is 10.5. The van der Waals surface area contributed by atoms with Crippen molar-refractivity contribution in [2.24, 2.45) is 0 Å². The number of aromatic nitrogens is 3. The van der Waals surface area contributed by atoms with Crippen molar-refractivity contribution in [2.75, 3.05) is 6.54 Å². The van der Waals surface area contributed by atoms with Crippen LogP contribution in [0.2, 0.25) is 0 Å². The molecule has 1 atom stereocenters. The molecular formula is C23H27N5O2. The van der Waals surface area contributed by atoms with Crippen molar-refractivity contribution >= 4 is 22.8 Å². The Balaban J connectivity index is 1.24. The summed E-state index contributed by atoms with van der Waals surface area (Å²) in [5.41, 5.74) is 2.74. The Labute approximate surface area is 175 Å². The largest absolute Gasteiger partial charge is 0.356 e. The number of nitrogens with one attached hydrogen (secondary N) is 2. The number of carbonyl (C=O) groups excluding carboxylic acids is 2. The average molecular weight is 406 g/mol. The number of hydrogen-bond acceptors (Lipinski definition) is 4. The summed E-state index contributed by atoms with van der Waals surface area (Å²) in [5, 5.41) is 14.4. The lowest BCUT2D eigenvalue weighted by Crippen LogP contribution is -2.44. The van der Waals surface area contributed by atoms with Crippen molar-refractivity contribution in [3.63, 3.8) is 0 Å². The molecule has 1 aliphatic heterocycles. The predicted molar refractivity (Wildman–Crippen MR) is 115 cm³/mol. The summed E-state index contributed by atoms with van der Waals surface area (Å²) < 4.78 is 1.87. The minimum absolute atomic E-state index is 0.0204. The molecule has 1 aliphatic rings. The molecule has 1 aromatic heterocycles. The molecule has 7 nitrogen and oxygen atoms in total. The van der Waals surface area contributed by atoms with Gasteiger partial charge in [0.15, 0.2) is 0 Å². The number of amides is 2. The van der Waals surface area contributed by atoms with Gasteiger partial charge in [-0.25, -0.2) is 4.68 Å². The second-order valence-corrected chi connectivity index (χ2v) is 8.00. The highest BCUT2D eigenvalue weighted by molar-refractivity contribution is 5.80. The average Bonchev–Trinajstić information content (AvgIpc) is 3.34. The molecule has 0 spiro atoms. The van der Waals surface area contributed by atoms with E-state index in [1.54, 1.807) is 0 Å². The molecule has 3 aromatic rings. The summed E-state index contributed by atoms with van der Waals surface area (Å²) in [5.74, 6) is 0.0958. The van der Waals surface area contributed by atoms with E-state index in [0.717, 1.165) is 30.3 Å². The van der Waals surface area contributed by atoms with Gasteiger partial charge in [-0.05, 0) is 43.4 Å². The van der Waals surface area contributed by atoms with Crippen molar-refractivity contribution in [1.29, 1.82) is 0 Å². The first-order chi connectivity index (χ1) is 14.6. The lowest BCUT2D eigenvalue weighted by atomic mass is 9.85. The fourth-order valence-electron chi connectivity index (χ4n) is 4.15. The van der Waals surface area contributed by atoms with Crippen LogP contribution in [0.15, 0.2) is 54.6 Å². The zero-order valence-corrected chi connectivity index (χ0v) is 17.0. The Kier molecular flexibility index (Phi) is 6.07. The number of rotatable bonds is 9. The standard InChI is InChI=1S/C23H27N5O2/c29-21(24-15-6-16-28-20-10-5-4-9-19(20)26-27-28)11-13-23(14-12-22(30)25-23)17-18-7-2-1-3-8-18/h1-5,7-10H,6,11-17H2,(H,24,29)(H,25,30)/t23-/m1/s1. The number of carbonyl (C=O) groups is 2. The third-order valence-electron chi connectivity index (χ3n) is 5.74. The SMILES string of the molecule is O=C(CC[C@]1(Cc2ccccc2)CCC(=O)N1)NCCCn1nnc2ccccc21. The Bertz CT molecular complexity index is 1020. The van der Waals surface area contributed by atoms with Gasteiger partial charge in [0.1, 0.15) is 5.52 Å². The summed E-state index contributed by atoms with van der Waals surface area (Å²) in [7, 11) is 0. The lowest BCUT2D eigenvalue weighted by Gasteiger charge is -2.29. The maximum Gasteiger partial charge on any atom is 0.220 e. The monoisotopic (exact) mass is 405 g/mol. The molecule has 0 aliphatic carbocycles. The van der Waals surface area contributed by atoms with Crippen LogP contribution in [-0.4, -0.2) is 38.9 Å². The van der Waals surface area contributed by atoms with Crippen LogP contribution in [0.3, 0.4) is 0 Å². The van der Waals surface area contributed by atoms with E-state index in [1.165, 1.54) is 5.56 Å². The summed E-state index contributed by atoms with van der Waals surface area (Å²) in [6.07, 6.45) is 3.89. The quantitative estimate of drug-likeness (QED) is 0.536. The number of hydrogen-bond donors (Lipinski definition) is 2. The molecule has 2 N–H and O–H groups in total. The third kappa shape index (κ3) is 4.84. The van der Waals surface area contributed by atoms with E-state index in [1.807, 2.05) is 47.1 Å². The van der Waals surface area contributed by atoms with Gasteiger partial charge in [-0.15, -0.1) is 5.10 Å². The topological polar surface area (TPSA) is 88.9 Å². The summed E-state index contributed by atoms with van der Waals surface area (Å²) in [6, 6.07) is 18.0. The van der Waals surface area contributed by atoms with Gasteiger partial charge in [0.2, 0.25) is 11.8 Å². The highest BCUT2D eigenvalue weighted by Crippen LogP contribution is 2.29. The van der Waals surface area contributed by atoms with Gasteiger partial charge in [0.05, 0.1) is 5.52 Å². The summed E-state index contributed by atoms with van der Waals surface area (Å²) in [6.45, 7) is 1.29. The number of benzene rings is 2. The fraction of sp³-hybridized carbons (Fsp3) is 0.391. The van der Waals surface area contributed by atoms with E-state index in [-0.39, 0.29) is 17.4 Å². The minimum atomic E-state index is -0.324. The second kappa shape index (κ2) is 9.07. The Hall–Kier alpha value is -3.22. The van der Waals surface area contributed by atoms with E-state index in [4.69, 9.17) is 0 Å². The lowest BCUT2D eigenvalue weighted by molar-refractivity contribution is -0.122. The van der Waals surface area contributed by atoms with Crippen LogP contribution < -0.4 is 10.6 Å². The normalized spacial score (nSPS) is 18.5. The Morgan fingerprint density at radius 2 is 1.93 bits per heavy atom. The van der Waals surface area contributed by atoms with Crippen LogP contribution in [0.25, 0.3) is 11.0 Å². The van der Waals surface area contributed by atoms with Crippen molar-refractivity contribution in [3.05, 3.63) is 60.2 Å². The van der Waals surface area contributed by atoms with Gasteiger partial charge in [-0.1, -0.05) is 47.7 Å². The van der Waals surface area contributed by atoms with Crippen molar-refractivity contribution in [1.82, 2.24) is 25.6 Å². The Morgan fingerprint density at radius 1 is 1.13 bits per heavy atom. The summed E-state index contributed by atoms with van der Waals surface area (Å²) in [4.78, 5) is 24.3. The van der Waals surface area contributed by atoms with Crippen molar-refractivity contribution in [2.45, 2.75) is 50.6 Å². The number of fused-ring (bicyclic) bond motifs is 1. The highest BCUT2D eigenvalue weighted by Gasteiger charge is 2.37. The van der Waals surface area contributed by atoms with E-state index >= 15 is 0 Å². The number of aryl methyl sites for hydroxylation is 1. The first kappa shape index (κ1) is 20.1. The molecule has 2 aromatic carbocycles. The number of para-hydroxylation sites is 1. The molecule has 7 heteroatoms. The second-order valence-electron chi connectivity index (χ2n) is 8.00. The molecule has 0 unspecified atom stereocenters. The molecule has 1 saturated heterocycles. The predicted octanol–water partition coefficient (Wildman–Crippen LogP) is 2.61. The Morgan fingerprint density at radius 3 is 2.73 bits per heavy atom. The number of nitrogens with zero attached hydrogens (tertiary/aromatic N) is 3. The van der Waals surface area contributed by atoms with Gasteiger partial charge in [0, 0.05) is 31.5 Å². The van der Waals surface area contributed by atoms with Crippen molar-refractivity contribution < 1.29 is 9.59 Å². The smallest absolute Gasteiger partial charge is 0.220 e. The minimum Gasteiger partial charge on any atom is -0.356 e. The first-order valence-corrected chi connectivity index (χ1v) is 10.5. The molecule has 0 saturated carbocycles. The molecule has 1 fully saturated rings. The molecule has 30 heavy (non-hydrogen) atoms. The van der Waals surface area contributed by atoms with E-state index in [9.17, 15) is 9.59 Å². The molecule has 2 amide bonds. The molecule has 0 bridgehead atoms. The van der Waals surface area contributed by atoms with Crippen LogP contribution >= 0.6 is 0 Å². The van der Waals surface area contributed by atoms with Crippen molar-refractivity contribution in [3.8, 4) is 0 Å². The molecule has 4 rings (SSSR count). The molecule has 156 valence electrons. The van der Waals surface area contributed by atoms with Gasteiger partial charge >= 0.3 is 0 Å².